The van der Waals surface area contributed by atoms with Crippen LogP contribution in [0.25, 0.3) is 0 Å². The Hall–Kier alpha value is -0.810. The van der Waals surface area contributed by atoms with E-state index >= 15 is 0 Å². The van der Waals surface area contributed by atoms with Gasteiger partial charge in [0.15, 0.2) is 0 Å². The van der Waals surface area contributed by atoms with Crippen molar-refractivity contribution in [2.45, 2.75) is 45.1 Å². The maximum absolute atomic E-state index is 12.3. The van der Waals surface area contributed by atoms with Gasteiger partial charge in [-0.3, -0.25) is 0 Å². The highest BCUT2D eigenvalue weighted by molar-refractivity contribution is 5.74. The lowest BCUT2D eigenvalue weighted by atomic mass is 9.77. The van der Waals surface area contributed by atoms with Gasteiger partial charge >= 0.3 is 6.03 Å². The van der Waals surface area contributed by atoms with Gasteiger partial charge in [-0.15, -0.1) is 0 Å². The van der Waals surface area contributed by atoms with Crippen LogP contribution in [0.15, 0.2) is 0 Å². The first-order chi connectivity index (χ1) is 9.64. The second-order valence-corrected chi connectivity index (χ2v) is 6.35. The Morgan fingerprint density at radius 3 is 2.55 bits per heavy atom. The van der Waals surface area contributed by atoms with E-state index in [9.17, 15) is 9.90 Å². The molecule has 2 amide bonds. The van der Waals surface area contributed by atoms with E-state index < -0.39 is 0 Å². The van der Waals surface area contributed by atoms with Crippen molar-refractivity contribution in [2.75, 3.05) is 33.4 Å². The van der Waals surface area contributed by atoms with Crippen LogP contribution in [0.2, 0.25) is 0 Å². The normalized spacial score (nSPS) is 23.4. The van der Waals surface area contributed by atoms with Crippen LogP contribution in [0.1, 0.15) is 39.0 Å². The monoisotopic (exact) mass is 284 g/mol. The van der Waals surface area contributed by atoms with Gasteiger partial charge in [0.2, 0.25) is 0 Å². The molecule has 0 aromatic heterocycles. The number of hydrogen-bond acceptors (Lipinski definition) is 3. The Balaban J connectivity index is 1.82. The number of amides is 2. The number of urea groups is 1. The number of piperidine rings is 1. The molecule has 5 nitrogen and oxygen atoms in total. The van der Waals surface area contributed by atoms with E-state index in [1.54, 1.807) is 7.11 Å². The maximum atomic E-state index is 12.3. The summed E-state index contributed by atoms with van der Waals surface area (Å²) in [6, 6.07) is 0.185. The molecule has 1 aliphatic heterocycles. The van der Waals surface area contributed by atoms with Crippen LogP contribution < -0.4 is 5.32 Å². The third kappa shape index (κ3) is 3.64. The van der Waals surface area contributed by atoms with Gasteiger partial charge in [-0.25, -0.2) is 4.79 Å². The number of likely N-dealkylation sites (tertiary alicyclic amines) is 1. The van der Waals surface area contributed by atoms with E-state index in [1.807, 2.05) is 4.90 Å². The fourth-order valence-electron chi connectivity index (χ4n) is 3.03. The van der Waals surface area contributed by atoms with Crippen molar-refractivity contribution in [3.63, 3.8) is 0 Å². The van der Waals surface area contributed by atoms with Gasteiger partial charge in [-0.1, -0.05) is 6.92 Å². The van der Waals surface area contributed by atoms with Gasteiger partial charge in [0.05, 0.1) is 12.6 Å². The third-order valence-electron chi connectivity index (χ3n) is 5.04. The number of methoxy groups -OCH3 is 1. The highest BCUT2D eigenvalue weighted by Crippen LogP contribution is 2.35. The summed E-state index contributed by atoms with van der Waals surface area (Å²) in [7, 11) is 1.68. The Morgan fingerprint density at radius 1 is 1.45 bits per heavy atom. The lowest BCUT2D eigenvalue weighted by molar-refractivity contribution is 0.0504. The first-order valence-corrected chi connectivity index (χ1v) is 7.79. The number of carbonyl (C=O) groups is 1. The van der Waals surface area contributed by atoms with Gasteiger partial charge in [-0.2, -0.15) is 0 Å². The van der Waals surface area contributed by atoms with Gasteiger partial charge in [0.1, 0.15) is 0 Å². The summed E-state index contributed by atoms with van der Waals surface area (Å²) in [5.41, 5.74) is 0.0270. The minimum absolute atomic E-state index is 0.0270. The summed E-state index contributed by atoms with van der Waals surface area (Å²) < 4.78 is 5.20. The minimum Gasteiger partial charge on any atom is -0.396 e. The number of aliphatic hydroxyl groups excluding tert-OH is 1. The van der Waals surface area contributed by atoms with Crippen molar-refractivity contribution in [3.05, 3.63) is 0 Å². The molecule has 2 rings (SSSR count). The molecule has 0 radical (unpaired) electrons. The molecule has 1 atom stereocenters. The van der Waals surface area contributed by atoms with Gasteiger partial charge < -0.3 is 20.1 Å². The second kappa shape index (κ2) is 6.76. The number of rotatable bonds is 6. The molecular formula is C15H28N2O3. The second-order valence-electron chi connectivity index (χ2n) is 6.35. The van der Waals surface area contributed by atoms with Crippen LogP contribution in [0.5, 0.6) is 0 Å². The summed E-state index contributed by atoms with van der Waals surface area (Å²) in [6.45, 7) is 4.43. The van der Waals surface area contributed by atoms with Crippen LogP contribution in [-0.4, -0.2) is 55.5 Å². The van der Waals surface area contributed by atoms with E-state index in [0.29, 0.717) is 12.5 Å². The van der Waals surface area contributed by atoms with E-state index in [2.05, 4.69) is 12.2 Å². The standard InChI is InChI=1S/C15H28N2O3/c1-3-15(11-18)6-8-17(9-7-15)14(19)16-13(10-20-2)12-4-5-12/h12-13,18H,3-11H2,1-2H3,(H,16,19). The molecule has 0 spiro atoms. The average molecular weight is 284 g/mol. The van der Waals surface area contributed by atoms with Crippen LogP contribution in [0.3, 0.4) is 0 Å². The van der Waals surface area contributed by atoms with Crippen LogP contribution >= 0.6 is 0 Å². The Bertz CT molecular complexity index is 317. The van der Waals surface area contributed by atoms with Crippen molar-refractivity contribution in [3.8, 4) is 0 Å². The smallest absolute Gasteiger partial charge is 0.317 e. The third-order valence-corrected chi connectivity index (χ3v) is 5.04. The van der Waals surface area contributed by atoms with Gasteiger partial charge in [-0.05, 0) is 43.4 Å². The predicted octanol–water partition coefficient (Wildman–Crippen LogP) is 1.61. The fourth-order valence-corrected chi connectivity index (χ4v) is 3.03. The molecule has 1 heterocycles. The summed E-state index contributed by atoms with van der Waals surface area (Å²) >= 11 is 0. The predicted molar refractivity (Wildman–Crippen MR) is 77.5 cm³/mol. The molecule has 20 heavy (non-hydrogen) atoms. The molecule has 0 aromatic carbocycles. The molecule has 0 bridgehead atoms. The summed E-state index contributed by atoms with van der Waals surface area (Å²) in [6.07, 6.45) is 5.15. The van der Waals surface area contributed by atoms with E-state index in [4.69, 9.17) is 4.74 Å². The molecule has 116 valence electrons. The van der Waals surface area contributed by atoms with Gasteiger partial charge in [0.25, 0.3) is 0 Å². The van der Waals surface area contributed by atoms with Crippen molar-refractivity contribution in [1.82, 2.24) is 10.2 Å². The molecule has 2 aliphatic rings. The van der Waals surface area contributed by atoms with Crippen molar-refractivity contribution in [1.29, 1.82) is 0 Å². The first kappa shape index (κ1) is 15.6. The summed E-state index contributed by atoms with van der Waals surface area (Å²) in [5, 5.41) is 12.6. The highest BCUT2D eigenvalue weighted by Gasteiger charge is 2.36. The largest absolute Gasteiger partial charge is 0.396 e. The molecule has 5 heteroatoms. The van der Waals surface area contributed by atoms with Crippen LogP contribution in [0.4, 0.5) is 4.79 Å². The van der Waals surface area contributed by atoms with E-state index in [0.717, 1.165) is 32.4 Å². The molecule has 1 saturated heterocycles. The van der Waals surface area contributed by atoms with Crippen molar-refractivity contribution in [2.24, 2.45) is 11.3 Å². The molecule has 2 N–H and O–H groups in total. The zero-order valence-corrected chi connectivity index (χ0v) is 12.7. The zero-order valence-electron chi connectivity index (χ0n) is 12.7. The minimum atomic E-state index is 0.0270. The molecule has 1 saturated carbocycles. The lowest BCUT2D eigenvalue weighted by Crippen LogP contribution is -2.51. The molecule has 1 unspecified atom stereocenters. The first-order valence-electron chi connectivity index (χ1n) is 7.79. The SMILES string of the molecule is CCC1(CO)CCN(C(=O)NC(COC)C2CC2)CC1. The Labute approximate surface area is 121 Å². The topological polar surface area (TPSA) is 61.8 Å². The van der Waals surface area contributed by atoms with Gasteiger partial charge in [0, 0.05) is 26.8 Å². The summed E-state index contributed by atoms with van der Waals surface area (Å²) in [5.74, 6) is 0.593. The highest BCUT2D eigenvalue weighted by atomic mass is 16.5. The molecule has 1 aliphatic carbocycles. The van der Waals surface area contributed by atoms with E-state index in [1.165, 1.54) is 12.8 Å². The molecule has 0 aromatic rings. The van der Waals surface area contributed by atoms with E-state index in [-0.39, 0.29) is 24.1 Å². The van der Waals surface area contributed by atoms with Crippen molar-refractivity contribution >= 4 is 6.03 Å². The fraction of sp³-hybridized carbons (Fsp3) is 0.933. The zero-order chi connectivity index (χ0) is 14.6. The number of nitrogens with zero attached hydrogens (tertiary/aromatic N) is 1. The van der Waals surface area contributed by atoms with Crippen molar-refractivity contribution < 1.29 is 14.6 Å². The van der Waals surface area contributed by atoms with Crippen LogP contribution in [-0.2, 0) is 4.74 Å². The number of aliphatic hydroxyl groups is 1. The maximum Gasteiger partial charge on any atom is 0.317 e. The number of carbonyl (C=O) groups excluding carboxylic acids is 1. The number of ether oxygens (including phenoxy) is 1. The molecular weight excluding hydrogens is 256 g/mol. The summed E-state index contributed by atoms with van der Waals surface area (Å²) in [4.78, 5) is 14.2. The average Bonchev–Trinajstić information content (AvgIpc) is 3.31. The van der Waals surface area contributed by atoms with Crippen LogP contribution in [0, 0.1) is 11.3 Å². The quantitative estimate of drug-likeness (QED) is 0.779. The molecule has 2 fully saturated rings. The number of nitrogens with one attached hydrogen (secondary N) is 1. The Morgan fingerprint density at radius 2 is 2.10 bits per heavy atom. The number of hydrogen-bond donors (Lipinski definition) is 2. The lowest BCUT2D eigenvalue weighted by Gasteiger charge is -2.40. The Kier molecular flexibility index (Phi) is 5.27.